The fourth-order valence-corrected chi connectivity index (χ4v) is 8.20. The van der Waals surface area contributed by atoms with Crippen LogP contribution in [0, 0.1) is 49.3 Å². The fourth-order valence-electron chi connectivity index (χ4n) is 8.20. The molecule has 6 unspecified atom stereocenters. The molecule has 0 saturated heterocycles. The highest BCUT2D eigenvalue weighted by Gasteiger charge is 2.49. The van der Waals surface area contributed by atoms with E-state index in [0.29, 0.717) is 38.9 Å². The number of hydrogen-bond donors (Lipinski definition) is 4. The number of amides is 1. The van der Waals surface area contributed by atoms with E-state index in [1.165, 1.54) is 0 Å². The van der Waals surface area contributed by atoms with Crippen LogP contribution in [0.15, 0.2) is 0 Å². The quantitative estimate of drug-likeness (QED) is 0.0958. The van der Waals surface area contributed by atoms with Crippen LogP contribution >= 0.6 is 0 Å². The van der Waals surface area contributed by atoms with Crippen molar-refractivity contribution in [1.82, 2.24) is 10.8 Å². The van der Waals surface area contributed by atoms with Crippen molar-refractivity contribution < 1.29 is 49.0 Å². The predicted octanol–water partition coefficient (Wildman–Crippen LogP) is 4.00. The molecule has 4 rings (SSSR count). The topological polar surface area (TPSA) is 222 Å². The van der Waals surface area contributed by atoms with E-state index in [-0.39, 0.29) is 72.5 Å². The Balaban J connectivity index is 1.10. The number of hydrogen-bond acceptors (Lipinski definition) is 12. The maximum Gasteiger partial charge on any atom is 0.307 e. The number of nitrogens with zero attached hydrogens (tertiary/aromatic N) is 2. The molecule has 4 N–H and O–H groups in total. The van der Waals surface area contributed by atoms with E-state index in [1.54, 1.807) is 0 Å². The molecule has 280 valence electrons. The summed E-state index contributed by atoms with van der Waals surface area (Å²) in [6.07, 6.45) is 9.30. The van der Waals surface area contributed by atoms with E-state index >= 15 is 0 Å². The summed E-state index contributed by atoms with van der Waals surface area (Å²) in [6, 6.07) is -1.90. The van der Waals surface area contributed by atoms with Crippen LogP contribution in [-0.4, -0.2) is 94.9 Å². The SMILES string of the molecule is CC(C)(COC1CCC(NOCC2C(COO)CCCC2[N+](=O)[O-])CC1)COC1CCC(NC(=O)C2C(C(=O)O)CCCC2[N+](=O)[O-])CC1. The van der Waals surface area contributed by atoms with Crippen LogP contribution < -0.4 is 10.8 Å². The second-order valence-corrected chi connectivity index (χ2v) is 15.4. The molecule has 0 bridgehead atoms. The standard InChI is InChI=1S/C33H56N4O12/c1-33(2,19-46-24-13-9-22(10-14-24)34-31(38)30-26(32(39)40)6-4-8-29(30)37(43)44)20-47-25-15-11-23(12-16-25)35-48-18-27-21(17-49-45)5-3-7-28(27)36(41)42/h21-30,35,45H,3-20H2,1-2H3,(H,34,38)(H,39,40). The van der Waals surface area contributed by atoms with Gasteiger partial charge in [0.2, 0.25) is 18.0 Å². The lowest BCUT2D eigenvalue weighted by atomic mass is 9.75. The van der Waals surface area contributed by atoms with Crippen LogP contribution in [0.2, 0.25) is 0 Å². The Labute approximate surface area is 287 Å². The summed E-state index contributed by atoms with van der Waals surface area (Å²) in [5.74, 6) is -4.33. The zero-order valence-corrected chi connectivity index (χ0v) is 28.9. The van der Waals surface area contributed by atoms with Gasteiger partial charge in [0.25, 0.3) is 0 Å². The van der Waals surface area contributed by atoms with Gasteiger partial charge in [0.1, 0.15) is 5.92 Å². The summed E-state index contributed by atoms with van der Waals surface area (Å²) in [5.41, 5.74) is 2.90. The third-order valence-electron chi connectivity index (χ3n) is 11.1. The first-order valence-corrected chi connectivity index (χ1v) is 18.1. The van der Waals surface area contributed by atoms with Crippen LogP contribution in [0.5, 0.6) is 0 Å². The van der Waals surface area contributed by atoms with Crippen LogP contribution in [-0.2, 0) is 28.8 Å². The van der Waals surface area contributed by atoms with Gasteiger partial charge in [-0.3, -0.25) is 35.1 Å². The fraction of sp³-hybridized carbons (Fsp3) is 0.939. The van der Waals surface area contributed by atoms with Gasteiger partial charge in [-0.05, 0) is 83.0 Å². The number of nitrogens with one attached hydrogen (secondary N) is 2. The van der Waals surface area contributed by atoms with Gasteiger partial charge in [0.05, 0.1) is 50.5 Å². The molecule has 0 spiro atoms. The number of carbonyl (C=O) groups is 2. The number of carboxylic acid groups (broad SMARTS) is 1. The largest absolute Gasteiger partial charge is 0.481 e. The minimum Gasteiger partial charge on any atom is -0.481 e. The number of hydroxylamine groups is 1. The maximum atomic E-state index is 13.1. The van der Waals surface area contributed by atoms with Gasteiger partial charge < -0.3 is 24.7 Å². The molecule has 4 saturated carbocycles. The second-order valence-electron chi connectivity index (χ2n) is 15.4. The highest BCUT2D eigenvalue weighted by Crippen LogP contribution is 2.35. The Morgan fingerprint density at radius 1 is 0.776 bits per heavy atom. The van der Waals surface area contributed by atoms with E-state index in [2.05, 4.69) is 29.5 Å². The molecule has 0 heterocycles. The lowest BCUT2D eigenvalue weighted by Gasteiger charge is -2.35. The minimum absolute atomic E-state index is 0.0302. The Bertz CT molecular complexity index is 1070. The molecule has 4 aliphatic carbocycles. The van der Waals surface area contributed by atoms with Crippen molar-refractivity contribution in [2.24, 2.45) is 29.1 Å². The second kappa shape index (κ2) is 18.7. The van der Waals surface area contributed by atoms with Crippen molar-refractivity contribution in [1.29, 1.82) is 0 Å². The van der Waals surface area contributed by atoms with E-state index in [0.717, 1.165) is 51.4 Å². The first-order valence-electron chi connectivity index (χ1n) is 18.1. The van der Waals surface area contributed by atoms with Gasteiger partial charge in [-0.1, -0.05) is 13.8 Å². The Morgan fingerprint density at radius 2 is 1.33 bits per heavy atom. The van der Waals surface area contributed by atoms with Crippen molar-refractivity contribution >= 4 is 11.9 Å². The van der Waals surface area contributed by atoms with Crippen molar-refractivity contribution in [3.63, 3.8) is 0 Å². The molecule has 4 aliphatic rings. The molecule has 16 nitrogen and oxygen atoms in total. The molecule has 16 heteroatoms. The van der Waals surface area contributed by atoms with Crippen LogP contribution in [0.1, 0.15) is 104 Å². The Kier molecular flexibility index (Phi) is 15.0. The summed E-state index contributed by atoms with van der Waals surface area (Å²) >= 11 is 0. The molecule has 0 aromatic heterocycles. The Morgan fingerprint density at radius 3 is 1.88 bits per heavy atom. The molecular weight excluding hydrogens is 644 g/mol. The van der Waals surface area contributed by atoms with E-state index in [9.17, 15) is 34.9 Å². The number of carbonyl (C=O) groups excluding carboxylic acids is 1. The van der Waals surface area contributed by atoms with Crippen LogP contribution in [0.3, 0.4) is 0 Å². The number of carboxylic acids is 1. The highest BCUT2D eigenvalue weighted by atomic mass is 17.1. The third kappa shape index (κ3) is 11.5. The number of nitro groups is 2. The summed E-state index contributed by atoms with van der Waals surface area (Å²) in [5, 5.41) is 44.6. The van der Waals surface area contributed by atoms with Gasteiger partial charge in [0, 0.05) is 40.2 Å². The maximum absolute atomic E-state index is 13.1. The number of ether oxygens (including phenoxy) is 2. The number of rotatable bonds is 17. The van der Waals surface area contributed by atoms with Crippen molar-refractivity contribution in [2.75, 3.05) is 26.4 Å². The summed E-state index contributed by atoms with van der Waals surface area (Å²) in [7, 11) is 0. The number of aliphatic carboxylic acids is 1. The zero-order chi connectivity index (χ0) is 35.6. The first kappa shape index (κ1) is 39.3. The molecule has 0 aromatic carbocycles. The van der Waals surface area contributed by atoms with E-state index in [4.69, 9.17) is 19.6 Å². The van der Waals surface area contributed by atoms with Crippen LogP contribution in [0.25, 0.3) is 0 Å². The van der Waals surface area contributed by atoms with E-state index < -0.39 is 40.7 Å². The zero-order valence-electron chi connectivity index (χ0n) is 28.9. The first-order chi connectivity index (χ1) is 23.4. The lowest BCUT2D eigenvalue weighted by molar-refractivity contribution is -0.540. The molecule has 1 amide bonds. The molecule has 0 aliphatic heterocycles. The third-order valence-corrected chi connectivity index (χ3v) is 11.1. The van der Waals surface area contributed by atoms with Crippen molar-refractivity contribution in [3.05, 3.63) is 20.2 Å². The molecule has 6 atom stereocenters. The van der Waals surface area contributed by atoms with Gasteiger partial charge in [-0.25, -0.2) is 4.89 Å². The van der Waals surface area contributed by atoms with E-state index in [1.807, 2.05) is 0 Å². The molecule has 49 heavy (non-hydrogen) atoms. The van der Waals surface area contributed by atoms with Gasteiger partial charge in [-0.15, -0.1) is 0 Å². The summed E-state index contributed by atoms with van der Waals surface area (Å²) in [6.45, 7) is 5.52. The normalized spacial score (nSPS) is 34.2. The van der Waals surface area contributed by atoms with Crippen LogP contribution in [0.4, 0.5) is 0 Å². The summed E-state index contributed by atoms with van der Waals surface area (Å²) < 4.78 is 12.5. The lowest BCUT2D eigenvalue weighted by Crippen LogP contribution is -2.52. The monoisotopic (exact) mass is 700 g/mol. The minimum atomic E-state index is -1.17. The molecule has 0 aromatic rings. The molecular formula is C33H56N4O12. The Hall–Kier alpha value is -2.50. The predicted molar refractivity (Wildman–Crippen MR) is 174 cm³/mol. The van der Waals surface area contributed by atoms with Gasteiger partial charge in [-0.2, -0.15) is 5.48 Å². The average Bonchev–Trinajstić information content (AvgIpc) is 3.07. The molecule has 4 fully saturated rings. The van der Waals surface area contributed by atoms with Gasteiger partial charge >= 0.3 is 5.97 Å². The molecule has 0 radical (unpaired) electrons. The van der Waals surface area contributed by atoms with Crippen molar-refractivity contribution in [2.45, 2.75) is 140 Å². The van der Waals surface area contributed by atoms with Crippen molar-refractivity contribution in [3.8, 4) is 0 Å². The van der Waals surface area contributed by atoms with Gasteiger partial charge in [0.15, 0.2) is 0 Å². The summed E-state index contributed by atoms with van der Waals surface area (Å²) in [4.78, 5) is 57.3. The average molecular weight is 701 g/mol. The smallest absolute Gasteiger partial charge is 0.307 e. The highest BCUT2D eigenvalue weighted by molar-refractivity contribution is 5.85.